The predicted octanol–water partition coefficient (Wildman–Crippen LogP) is 3.24. The van der Waals surface area contributed by atoms with Gasteiger partial charge in [-0.1, -0.05) is 37.3 Å². The number of amides is 1. The summed E-state index contributed by atoms with van der Waals surface area (Å²) in [5.74, 6) is 0.534. The first kappa shape index (κ1) is 19.0. The van der Waals surface area contributed by atoms with Crippen LogP contribution in [-0.4, -0.2) is 19.6 Å². The van der Waals surface area contributed by atoms with E-state index in [1.165, 1.54) is 5.56 Å². The number of carbonyl (C=O) groups excluding carboxylic acids is 1. The summed E-state index contributed by atoms with van der Waals surface area (Å²) in [5.41, 5.74) is 8.51. The van der Waals surface area contributed by atoms with Crippen molar-refractivity contribution in [3.63, 3.8) is 0 Å². The van der Waals surface area contributed by atoms with Crippen molar-refractivity contribution < 1.29 is 9.53 Å². The van der Waals surface area contributed by atoms with Gasteiger partial charge in [0, 0.05) is 30.1 Å². The zero-order valence-corrected chi connectivity index (χ0v) is 14.2. The Labute approximate surface area is 143 Å². The van der Waals surface area contributed by atoms with E-state index in [1.807, 2.05) is 43.3 Å². The lowest BCUT2D eigenvalue weighted by atomic mass is 10.0. The fourth-order valence-electron chi connectivity index (χ4n) is 2.18. The van der Waals surface area contributed by atoms with Gasteiger partial charge in [-0.25, -0.2) is 0 Å². The molecule has 0 aliphatic carbocycles. The van der Waals surface area contributed by atoms with Crippen LogP contribution in [0.3, 0.4) is 0 Å². The van der Waals surface area contributed by atoms with E-state index in [0.29, 0.717) is 6.54 Å². The summed E-state index contributed by atoms with van der Waals surface area (Å²) in [7, 11) is 1.65. The van der Waals surface area contributed by atoms with E-state index in [0.717, 1.165) is 23.4 Å². The average molecular weight is 335 g/mol. The summed E-state index contributed by atoms with van der Waals surface area (Å²) in [5, 5.41) is 2.90. The van der Waals surface area contributed by atoms with Crippen LogP contribution in [0.25, 0.3) is 0 Å². The lowest BCUT2D eigenvalue weighted by molar-refractivity contribution is -0.119. The third kappa shape index (κ3) is 5.27. The molecule has 124 valence electrons. The maximum absolute atomic E-state index is 11.9. The molecular formula is C18H23ClN2O2. The molecule has 0 spiro atoms. The Balaban J connectivity index is 0.00000264. The number of carbonyl (C=O) groups is 1. The maximum atomic E-state index is 11.9. The molecule has 0 aromatic heterocycles. The second kappa shape index (κ2) is 9.18. The molecule has 0 aliphatic heterocycles. The van der Waals surface area contributed by atoms with Crippen molar-refractivity contribution in [2.75, 3.05) is 19.0 Å². The van der Waals surface area contributed by atoms with Crippen LogP contribution in [0.2, 0.25) is 0 Å². The summed E-state index contributed by atoms with van der Waals surface area (Å²) >= 11 is 0. The number of nitrogens with one attached hydrogen (secondary N) is 1. The molecule has 1 amide bonds. The van der Waals surface area contributed by atoms with Crippen LogP contribution in [0.1, 0.15) is 18.1 Å². The quantitative estimate of drug-likeness (QED) is 0.852. The molecule has 2 aromatic carbocycles. The van der Waals surface area contributed by atoms with Crippen LogP contribution in [0.4, 0.5) is 5.69 Å². The monoisotopic (exact) mass is 334 g/mol. The van der Waals surface area contributed by atoms with Crippen LogP contribution in [0, 0.1) is 5.92 Å². The van der Waals surface area contributed by atoms with Crippen LogP contribution in [-0.2, 0) is 11.2 Å². The number of anilines is 1. The van der Waals surface area contributed by atoms with Crippen molar-refractivity contribution >= 4 is 24.0 Å². The molecule has 1 unspecified atom stereocenters. The van der Waals surface area contributed by atoms with Gasteiger partial charge in [0.15, 0.2) is 0 Å². The molecule has 4 nitrogen and oxygen atoms in total. The molecule has 5 heteroatoms. The molecule has 2 rings (SSSR count). The Morgan fingerprint density at radius 3 is 2.52 bits per heavy atom. The Bertz CT molecular complexity index is 632. The molecular weight excluding hydrogens is 312 g/mol. The Hall–Kier alpha value is -2.04. The molecule has 23 heavy (non-hydrogen) atoms. The number of ether oxygens (including phenoxy) is 1. The number of benzene rings is 2. The van der Waals surface area contributed by atoms with Gasteiger partial charge in [0.25, 0.3) is 0 Å². The molecule has 0 fully saturated rings. The molecule has 0 aliphatic rings. The fraction of sp³-hybridized carbons (Fsp3) is 0.278. The zero-order chi connectivity index (χ0) is 15.9. The molecule has 3 N–H and O–H groups in total. The minimum absolute atomic E-state index is 0. The minimum atomic E-state index is -0.209. The van der Waals surface area contributed by atoms with Crippen molar-refractivity contribution in [2.24, 2.45) is 11.7 Å². The van der Waals surface area contributed by atoms with Gasteiger partial charge in [0.1, 0.15) is 5.75 Å². The van der Waals surface area contributed by atoms with Crippen molar-refractivity contribution in [1.29, 1.82) is 0 Å². The topological polar surface area (TPSA) is 64.3 Å². The van der Waals surface area contributed by atoms with E-state index in [2.05, 4.69) is 17.4 Å². The second-order valence-corrected chi connectivity index (χ2v) is 5.32. The van der Waals surface area contributed by atoms with Gasteiger partial charge in [-0.3, -0.25) is 4.79 Å². The number of methoxy groups -OCH3 is 1. The van der Waals surface area contributed by atoms with Gasteiger partial charge in [-0.15, -0.1) is 12.4 Å². The standard InChI is InChI=1S/C18H22N2O2.ClH/c1-13(12-19)18(21)20-16-8-9-17(22-2)15(11-16)10-14-6-4-3-5-7-14;/h3-9,11,13H,10,12,19H2,1-2H3,(H,20,21);1H. The Kier molecular flexibility index (Phi) is 7.59. The van der Waals surface area contributed by atoms with E-state index >= 15 is 0 Å². The van der Waals surface area contributed by atoms with E-state index in [1.54, 1.807) is 7.11 Å². The molecule has 0 radical (unpaired) electrons. The lowest BCUT2D eigenvalue weighted by Crippen LogP contribution is -2.26. The molecule has 1 atom stereocenters. The van der Waals surface area contributed by atoms with Gasteiger partial charge in [-0.2, -0.15) is 0 Å². The summed E-state index contributed by atoms with van der Waals surface area (Å²) in [6.45, 7) is 2.14. The van der Waals surface area contributed by atoms with Crippen molar-refractivity contribution in [3.05, 3.63) is 59.7 Å². The third-order valence-corrected chi connectivity index (χ3v) is 3.59. The first-order chi connectivity index (χ1) is 10.6. The summed E-state index contributed by atoms with van der Waals surface area (Å²) in [6, 6.07) is 15.8. The third-order valence-electron chi connectivity index (χ3n) is 3.59. The SMILES string of the molecule is COc1ccc(NC(=O)C(C)CN)cc1Cc1ccccc1.Cl. The highest BCUT2D eigenvalue weighted by Crippen LogP contribution is 2.25. The summed E-state index contributed by atoms with van der Waals surface area (Å²) in [4.78, 5) is 11.9. The first-order valence-corrected chi connectivity index (χ1v) is 7.35. The number of hydrogen-bond acceptors (Lipinski definition) is 3. The van der Waals surface area contributed by atoms with Gasteiger partial charge in [0.05, 0.1) is 7.11 Å². The zero-order valence-electron chi connectivity index (χ0n) is 13.4. The average Bonchev–Trinajstić information content (AvgIpc) is 2.55. The highest BCUT2D eigenvalue weighted by molar-refractivity contribution is 5.92. The van der Waals surface area contributed by atoms with E-state index in [4.69, 9.17) is 10.5 Å². The normalized spacial score (nSPS) is 11.3. The second-order valence-electron chi connectivity index (χ2n) is 5.32. The van der Waals surface area contributed by atoms with Gasteiger partial charge >= 0.3 is 0 Å². The van der Waals surface area contributed by atoms with Crippen LogP contribution in [0.5, 0.6) is 5.75 Å². The molecule has 2 aromatic rings. The van der Waals surface area contributed by atoms with Gasteiger partial charge in [0.2, 0.25) is 5.91 Å². The summed E-state index contributed by atoms with van der Waals surface area (Å²) < 4.78 is 5.41. The van der Waals surface area contributed by atoms with Crippen molar-refractivity contribution in [1.82, 2.24) is 0 Å². The number of halogens is 1. The predicted molar refractivity (Wildman–Crippen MR) is 96.3 cm³/mol. The van der Waals surface area contributed by atoms with Gasteiger partial charge < -0.3 is 15.8 Å². The first-order valence-electron chi connectivity index (χ1n) is 7.35. The lowest BCUT2D eigenvalue weighted by Gasteiger charge is -2.13. The van der Waals surface area contributed by atoms with Gasteiger partial charge in [-0.05, 0) is 23.8 Å². The highest BCUT2D eigenvalue weighted by Gasteiger charge is 2.12. The fourth-order valence-corrected chi connectivity index (χ4v) is 2.18. The van der Waals surface area contributed by atoms with Crippen molar-refractivity contribution in [2.45, 2.75) is 13.3 Å². The number of nitrogens with two attached hydrogens (primary N) is 1. The van der Waals surface area contributed by atoms with E-state index < -0.39 is 0 Å². The maximum Gasteiger partial charge on any atom is 0.228 e. The molecule has 0 heterocycles. The Morgan fingerprint density at radius 2 is 1.91 bits per heavy atom. The molecule has 0 saturated carbocycles. The van der Waals surface area contributed by atoms with Crippen molar-refractivity contribution in [3.8, 4) is 5.75 Å². The largest absolute Gasteiger partial charge is 0.496 e. The van der Waals surface area contributed by atoms with E-state index in [-0.39, 0.29) is 24.2 Å². The van der Waals surface area contributed by atoms with Crippen LogP contribution < -0.4 is 15.8 Å². The molecule has 0 bridgehead atoms. The smallest absolute Gasteiger partial charge is 0.228 e. The number of rotatable bonds is 6. The number of hydrogen-bond donors (Lipinski definition) is 2. The minimum Gasteiger partial charge on any atom is -0.496 e. The molecule has 0 saturated heterocycles. The van der Waals surface area contributed by atoms with Crippen LogP contribution in [0.15, 0.2) is 48.5 Å². The van der Waals surface area contributed by atoms with E-state index in [9.17, 15) is 4.79 Å². The summed E-state index contributed by atoms with van der Waals surface area (Å²) in [6.07, 6.45) is 0.750. The Morgan fingerprint density at radius 1 is 1.22 bits per heavy atom. The highest BCUT2D eigenvalue weighted by atomic mass is 35.5. The van der Waals surface area contributed by atoms with Crippen LogP contribution >= 0.6 is 12.4 Å².